The van der Waals surface area contributed by atoms with E-state index >= 15 is 0 Å². The Morgan fingerprint density at radius 2 is 2.44 bits per heavy atom. The maximum Gasteiger partial charge on any atom is 0.339 e. The van der Waals surface area contributed by atoms with Gasteiger partial charge in [-0.15, -0.1) is 6.58 Å². The number of carbonyl (C=O) groups is 1. The number of rotatable bonds is 6. The largest absolute Gasteiger partial charge is 0.478 e. The number of carboxylic acid groups (broad SMARTS) is 1. The first-order valence-electron chi connectivity index (χ1n) is 5.21. The maximum atomic E-state index is 11.0. The zero-order valence-electron chi connectivity index (χ0n) is 9.79. The van der Waals surface area contributed by atoms with Crippen molar-refractivity contribution >= 4 is 17.5 Å². The highest BCUT2D eigenvalue weighted by Gasteiger charge is 2.18. The van der Waals surface area contributed by atoms with Crippen LogP contribution in [-0.2, 0) is 0 Å². The van der Waals surface area contributed by atoms with Crippen molar-refractivity contribution in [1.82, 2.24) is 4.98 Å². The SMILES string of the molecule is C=CCC(C)Nc1ncc([N+](=O)[O-])cc1C(=O)O. The van der Waals surface area contributed by atoms with Crippen molar-refractivity contribution in [2.45, 2.75) is 19.4 Å². The number of aromatic carboxylic acids is 1. The van der Waals surface area contributed by atoms with Crippen molar-refractivity contribution in [2.75, 3.05) is 5.32 Å². The molecule has 1 heterocycles. The Balaban J connectivity index is 3.07. The average molecular weight is 251 g/mol. The fourth-order valence-electron chi connectivity index (χ4n) is 1.37. The topological polar surface area (TPSA) is 105 Å². The van der Waals surface area contributed by atoms with Crippen LogP contribution in [0.2, 0.25) is 0 Å². The van der Waals surface area contributed by atoms with Gasteiger partial charge < -0.3 is 10.4 Å². The second-order valence-electron chi connectivity index (χ2n) is 3.72. The van der Waals surface area contributed by atoms with Crippen LogP contribution in [-0.4, -0.2) is 27.0 Å². The molecule has 96 valence electrons. The van der Waals surface area contributed by atoms with Crippen molar-refractivity contribution in [3.05, 3.63) is 40.6 Å². The summed E-state index contributed by atoms with van der Waals surface area (Å²) in [6.45, 7) is 5.40. The van der Waals surface area contributed by atoms with Crippen LogP contribution in [0.4, 0.5) is 11.5 Å². The van der Waals surface area contributed by atoms with Gasteiger partial charge in [-0.05, 0) is 13.3 Å². The van der Waals surface area contributed by atoms with Crippen LogP contribution in [0, 0.1) is 10.1 Å². The number of nitrogens with one attached hydrogen (secondary N) is 1. The highest BCUT2D eigenvalue weighted by atomic mass is 16.6. The summed E-state index contributed by atoms with van der Waals surface area (Å²) in [6.07, 6.45) is 3.33. The third-order valence-corrected chi connectivity index (χ3v) is 2.22. The van der Waals surface area contributed by atoms with Crippen molar-refractivity contribution in [1.29, 1.82) is 0 Å². The summed E-state index contributed by atoms with van der Waals surface area (Å²) in [6, 6.07) is 0.924. The van der Waals surface area contributed by atoms with Gasteiger partial charge in [-0.1, -0.05) is 6.08 Å². The summed E-state index contributed by atoms with van der Waals surface area (Å²) in [5.74, 6) is -1.15. The quantitative estimate of drug-likeness (QED) is 0.455. The normalized spacial score (nSPS) is 11.6. The number of anilines is 1. The summed E-state index contributed by atoms with van der Waals surface area (Å²) in [5.41, 5.74) is -0.575. The molecule has 1 atom stereocenters. The summed E-state index contributed by atoms with van der Waals surface area (Å²) < 4.78 is 0. The van der Waals surface area contributed by atoms with E-state index in [9.17, 15) is 14.9 Å². The smallest absolute Gasteiger partial charge is 0.339 e. The van der Waals surface area contributed by atoms with E-state index in [0.29, 0.717) is 6.42 Å². The third kappa shape index (κ3) is 3.27. The monoisotopic (exact) mass is 251 g/mol. The van der Waals surface area contributed by atoms with Gasteiger partial charge in [0.15, 0.2) is 0 Å². The Morgan fingerprint density at radius 1 is 1.78 bits per heavy atom. The molecule has 2 N–H and O–H groups in total. The molecular weight excluding hydrogens is 238 g/mol. The molecule has 0 saturated carbocycles. The standard InChI is InChI=1S/C11H13N3O4/c1-3-4-7(2)13-10-9(11(15)16)5-8(6-12-10)14(17)18/h3,5-7H,1,4H2,2H3,(H,12,13)(H,15,16). The lowest BCUT2D eigenvalue weighted by atomic mass is 10.2. The minimum absolute atomic E-state index is 0.0606. The van der Waals surface area contributed by atoms with Crippen LogP contribution < -0.4 is 5.32 Å². The Hall–Kier alpha value is -2.44. The minimum Gasteiger partial charge on any atom is -0.478 e. The molecule has 0 radical (unpaired) electrons. The Labute approximate surface area is 103 Å². The van der Waals surface area contributed by atoms with Gasteiger partial charge in [0, 0.05) is 12.1 Å². The molecular formula is C11H13N3O4. The Morgan fingerprint density at radius 3 is 2.94 bits per heavy atom. The molecule has 1 aromatic heterocycles. The number of carboxylic acids is 1. The van der Waals surface area contributed by atoms with Crippen molar-refractivity contribution in [3.8, 4) is 0 Å². The third-order valence-electron chi connectivity index (χ3n) is 2.22. The Kier molecular flexibility index (Phi) is 4.36. The summed E-state index contributed by atoms with van der Waals surface area (Å²) >= 11 is 0. The molecule has 18 heavy (non-hydrogen) atoms. The van der Waals surface area contributed by atoms with Gasteiger partial charge in [-0.25, -0.2) is 9.78 Å². The summed E-state index contributed by atoms with van der Waals surface area (Å²) in [7, 11) is 0. The highest BCUT2D eigenvalue weighted by molar-refractivity contribution is 5.93. The number of hydrogen-bond donors (Lipinski definition) is 2. The van der Waals surface area contributed by atoms with E-state index in [-0.39, 0.29) is 23.1 Å². The Bertz CT molecular complexity index is 487. The van der Waals surface area contributed by atoms with Crippen molar-refractivity contribution < 1.29 is 14.8 Å². The van der Waals surface area contributed by atoms with E-state index in [4.69, 9.17) is 5.11 Å². The lowest BCUT2D eigenvalue weighted by Gasteiger charge is -2.13. The molecule has 7 nitrogen and oxygen atoms in total. The molecule has 0 saturated heterocycles. The molecule has 0 spiro atoms. The number of nitro groups is 1. The average Bonchev–Trinajstić information content (AvgIpc) is 2.29. The van der Waals surface area contributed by atoms with Crippen molar-refractivity contribution in [2.24, 2.45) is 0 Å². The first-order valence-corrected chi connectivity index (χ1v) is 5.21. The van der Waals surface area contributed by atoms with Gasteiger partial charge in [0.05, 0.1) is 4.92 Å². The predicted octanol–water partition coefficient (Wildman–Crippen LogP) is 2.06. The van der Waals surface area contributed by atoms with Crippen LogP contribution in [0.1, 0.15) is 23.7 Å². The molecule has 0 aliphatic rings. The van der Waals surface area contributed by atoms with E-state index in [2.05, 4.69) is 16.9 Å². The number of nitrogens with zero attached hydrogens (tertiary/aromatic N) is 2. The zero-order valence-corrected chi connectivity index (χ0v) is 9.79. The van der Waals surface area contributed by atoms with Gasteiger partial charge in [0.25, 0.3) is 5.69 Å². The number of aromatic nitrogens is 1. The lowest BCUT2D eigenvalue weighted by molar-refractivity contribution is -0.385. The minimum atomic E-state index is -1.26. The second-order valence-corrected chi connectivity index (χ2v) is 3.72. The van der Waals surface area contributed by atoms with Crippen LogP contribution in [0.25, 0.3) is 0 Å². The van der Waals surface area contributed by atoms with E-state index in [0.717, 1.165) is 12.3 Å². The summed E-state index contributed by atoms with van der Waals surface area (Å²) in [4.78, 5) is 24.7. The van der Waals surface area contributed by atoms with E-state index < -0.39 is 10.9 Å². The fraction of sp³-hybridized carbons (Fsp3) is 0.273. The van der Waals surface area contributed by atoms with Crippen LogP contribution >= 0.6 is 0 Å². The van der Waals surface area contributed by atoms with Crippen LogP contribution in [0.3, 0.4) is 0 Å². The highest BCUT2D eigenvalue weighted by Crippen LogP contribution is 2.20. The maximum absolute atomic E-state index is 11.0. The molecule has 0 amide bonds. The van der Waals surface area contributed by atoms with E-state index in [1.54, 1.807) is 6.08 Å². The number of hydrogen-bond acceptors (Lipinski definition) is 5. The summed E-state index contributed by atoms with van der Waals surface area (Å²) in [5, 5.41) is 22.4. The molecule has 1 aromatic rings. The van der Waals surface area contributed by atoms with Gasteiger partial charge in [-0.3, -0.25) is 10.1 Å². The van der Waals surface area contributed by atoms with Gasteiger partial charge >= 0.3 is 5.97 Å². The molecule has 1 unspecified atom stereocenters. The molecule has 1 rings (SSSR count). The second kappa shape index (κ2) is 5.76. The zero-order chi connectivity index (χ0) is 13.7. The predicted molar refractivity (Wildman–Crippen MR) is 65.7 cm³/mol. The molecule has 0 aliphatic heterocycles. The van der Waals surface area contributed by atoms with Gasteiger partial charge in [0.1, 0.15) is 17.6 Å². The molecule has 0 fully saturated rings. The van der Waals surface area contributed by atoms with E-state index in [1.165, 1.54) is 0 Å². The molecule has 0 aromatic carbocycles. The fourth-order valence-corrected chi connectivity index (χ4v) is 1.37. The number of pyridine rings is 1. The van der Waals surface area contributed by atoms with Gasteiger partial charge in [-0.2, -0.15) is 0 Å². The van der Waals surface area contributed by atoms with Crippen molar-refractivity contribution in [3.63, 3.8) is 0 Å². The van der Waals surface area contributed by atoms with Crippen LogP contribution in [0.5, 0.6) is 0 Å². The molecule has 0 aliphatic carbocycles. The van der Waals surface area contributed by atoms with E-state index in [1.807, 2.05) is 6.92 Å². The first-order chi connectivity index (χ1) is 8.45. The molecule has 7 heteroatoms. The molecule has 0 bridgehead atoms. The van der Waals surface area contributed by atoms with Gasteiger partial charge in [0.2, 0.25) is 0 Å². The first kappa shape index (κ1) is 13.6. The van der Waals surface area contributed by atoms with Crippen LogP contribution in [0.15, 0.2) is 24.9 Å². The lowest BCUT2D eigenvalue weighted by Crippen LogP contribution is -2.18.